The Labute approximate surface area is 171 Å². The first-order valence-corrected chi connectivity index (χ1v) is 11.3. The van der Waals surface area contributed by atoms with Crippen molar-refractivity contribution in [3.63, 3.8) is 0 Å². The summed E-state index contributed by atoms with van der Waals surface area (Å²) in [5.74, 6) is 1.58. The van der Waals surface area contributed by atoms with Crippen LogP contribution < -0.4 is 4.74 Å². The third-order valence-corrected chi connectivity index (χ3v) is 7.75. The van der Waals surface area contributed by atoms with Crippen LogP contribution in [0.1, 0.15) is 73.9 Å². The van der Waals surface area contributed by atoms with E-state index in [4.69, 9.17) is 9.47 Å². The molecule has 4 nitrogen and oxygen atoms in total. The van der Waals surface area contributed by atoms with Crippen molar-refractivity contribution in [2.24, 2.45) is 29.6 Å². The summed E-state index contributed by atoms with van der Waals surface area (Å²) in [7, 11) is 0. The van der Waals surface area contributed by atoms with Crippen LogP contribution in [0.3, 0.4) is 0 Å². The Hall–Kier alpha value is -1.62. The Bertz CT molecular complexity index is 790. The molecule has 29 heavy (non-hydrogen) atoms. The molecular formula is C24H31FO4. The van der Waals surface area contributed by atoms with Crippen LogP contribution in [0.4, 0.5) is 4.39 Å². The van der Waals surface area contributed by atoms with Crippen LogP contribution >= 0.6 is 0 Å². The highest BCUT2D eigenvalue weighted by Gasteiger charge is 2.49. The molecule has 5 aliphatic carbocycles. The van der Waals surface area contributed by atoms with Crippen molar-refractivity contribution < 1.29 is 23.8 Å². The van der Waals surface area contributed by atoms with Gasteiger partial charge in [0, 0.05) is 5.92 Å². The second-order valence-corrected chi connectivity index (χ2v) is 10.1. The molecule has 158 valence electrons. The predicted octanol–water partition coefficient (Wildman–Crippen LogP) is 5.21. The third kappa shape index (κ3) is 3.35. The number of carbonyl (C=O) groups is 1. The maximum Gasteiger partial charge on any atom is 0.336 e. The summed E-state index contributed by atoms with van der Waals surface area (Å²) in [4.78, 5) is 11.7. The third-order valence-electron chi connectivity index (χ3n) is 7.75. The van der Waals surface area contributed by atoms with Gasteiger partial charge in [0.25, 0.3) is 0 Å². The number of hydrogen-bond donors (Lipinski definition) is 1. The number of aromatic carboxylic acids is 1. The minimum atomic E-state index is -1.02. The molecule has 0 aliphatic heterocycles. The fourth-order valence-electron chi connectivity index (χ4n) is 6.69. The predicted molar refractivity (Wildman–Crippen MR) is 107 cm³/mol. The summed E-state index contributed by atoms with van der Waals surface area (Å²) in [6.07, 6.45) is 7.98. The molecule has 0 heterocycles. The number of fused-ring (bicyclic) bond motifs is 1. The molecule has 0 radical (unpaired) electrons. The Morgan fingerprint density at radius 3 is 2.28 bits per heavy atom. The zero-order chi connectivity index (χ0) is 20.3. The first-order valence-electron chi connectivity index (χ1n) is 11.3. The normalized spacial score (nSPS) is 33.2. The van der Waals surface area contributed by atoms with E-state index >= 15 is 4.39 Å². The summed E-state index contributed by atoms with van der Waals surface area (Å²) >= 11 is 0. The highest BCUT2D eigenvalue weighted by atomic mass is 19.1. The van der Waals surface area contributed by atoms with E-state index in [0.29, 0.717) is 35.8 Å². The average molecular weight is 403 g/mol. The molecule has 1 N–H and O–H groups in total. The second-order valence-electron chi connectivity index (χ2n) is 10.1. The standard InChI is InChI=1S/C24H31FO4/c1-12(2)24(29-22-15-7-13-6-14(9-15)10-16(22)8-13)28-20-11-19(23(26)27)17-4-3-5-18(17)21(20)25/h11-16,22,24H,3-10H2,1-2H3,(H,26,27). The molecule has 5 aliphatic rings. The number of benzene rings is 1. The van der Waals surface area contributed by atoms with Crippen LogP contribution in [-0.2, 0) is 17.6 Å². The van der Waals surface area contributed by atoms with Crippen LogP contribution in [-0.4, -0.2) is 23.5 Å². The highest BCUT2D eigenvalue weighted by molar-refractivity contribution is 5.90. The van der Waals surface area contributed by atoms with E-state index in [1.54, 1.807) is 0 Å². The molecule has 4 saturated carbocycles. The van der Waals surface area contributed by atoms with Gasteiger partial charge in [0.1, 0.15) is 0 Å². The van der Waals surface area contributed by atoms with Crippen LogP contribution in [0.5, 0.6) is 5.75 Å². The number of ether oxygens (including phenoxy) is 2. The van der Waals surface area contributed by atoms with Gasteiger partial charge in [0.2, 0.25) is 6.29 Å². The highest BCUT2D eigenvalue weighted by Crippen LogP contribution is 2.55. The molecule has 4 bridgehead atoms. The van der Waals surface area contributed by atoms with E-state index in [0.717, 1.165) is 18.3 Å². The maximum atomic E-state index is 15.1. The summed E-state index contributed by atoms with van der Waals surface area (Å²) in [6.45, 7) is 4.04. The van der Waals surface area contributed by atoms with Gasteiger partial charge >= 0.3 is 5.97 Å². The van der Waals surface area contributed by atoms with Gasteiger partial charge in [-0.25, -0.2) is 9.18 Å². The van der Waals surface area contributed by atoms with Crippen LogP contribution in [0, 0.1) is 35.4 Å². The molecule has 1 atom stereocenters. The molecule has 5 heteroatoms. The zero-order valence-electron chi connectivity index (χ0n) is 17.3. The molecule has 0 spiro atoms. The van der Waals surface area contributed by atoms with Crippen LogP contribution in [0.25, 0.3) is 0 Å². The Balaban J connectivity index is 1.39. The molecule has 1 aromatic rings. The van der Waals surface area contributed by atoms with Crippen LogP contribution in [0.15, 0.2) is 6.07 Å². The number of carboxylic acid groups (broad SMARTS) is 1. The molecule has 1 unspecified atom stereocenters. The second kappa shape index (κ2) is 7.26. The van der Waals surface area contributed by atoms with Gasteiger partial charge < -0.3 is 14.6 Å². The van der Waals surface area contributed by atoms with Gasteiger partial charge in [-0.3, -0.25) is 0 Å². The smallest absolute Gasteiger partial charge is 0.336 e. The SMILES string of the molecule is CC(C)C(Oc1cc(C(=O)O)c2c(c1F)CCC2)OC1C2CC3CC(C2)CC1C3. The Kier molecular flexibility index (Phi) is 4.84. The van der Waals surface area contributed by atoms with E-state index in [2.05, 4.69) is 0 Å². The van der Waals surface area contributed by atoms with Crippen molar-refractivity contribution in [3.8, 4) is 5.75 Å². The van der Waals surface area contributed by atoms with Crippen molar-refractivity contribution in [2.45, 2.75) is 77.6 Å². The minimum Gasteiger partial charge on any atom is -0.478 e. The molecule has 0 saturated heterocycles. The van der Waals surface area contributed by atoms with Crippen molar-refractivity contribution in [3.05, 3.63) is 28.6 Å². The summed E-state index contributed by atoms with van der Waals surface area (Å²) < 4.78 is 27.7. The lowest BCUT2D eigenvalue weighted by molar-refractivity contribution is -0.211. The molecule has 6 rings (SSSR count). The Morgan fingerprint density at radius 1 is 1.07 bits per heavy atom. The summed E-state index contributed by atoms with van der Waals surface area (Å²) in [5.41, 5.74) is 1.31. The maximum absolute atomic E-state index is 15.1. The van der Waals surface area contributed by atoms with Gasteiger partial charge in [-0.05, 0) is 92.2 Å². The van der Waals surface area contributed by atoms with Gasteiger partial charge in [-0.1, -0.05) is 13.8 Å². The summed E-state index contributed by atoms with van der Waals surface area (Å²) in [5, 5.41) is 9.60. The molecular weight excluding hydrogens is 371 g/mol. The van der Waals surface area contributed by atoms with Crippen molar-refractivity contribution >= 4 is 5.97 Å². The van der Waals surface area contributed by atoms with Gasteiger partial charge in [0.05, 0.1) is 11.7 Å². The van der Waals surface area contributed by atoms with Gasteiger partial charge in [0.15, 0.2) is 11.6 Å². The van der Waals surface area contributed by atoms with E-state index in [9.17, 15) is 9.90 Å². The topological polar surface area (TPSA) is 55.8 Å². The lowest BCUT2D eigenvalue weighted by Gasteiger charge is -2.54. The fraction of sp³-hybridized carbons (Fsp3) is 0.708. The van der Waals surface area contributed by atoms with Crippen molar-refractivity contribution in [1.29, 1.82) is 0 Å². The van der Waals surface area contributed by atoms with Crippen molar-refractivity contribution in [1.82, 2.24) is 0 Å². The largest absolute Gasteiger partial charge is 0.478 e. The molecule has 4 fully saturated rings. The van der Waals surface area contributed by atoms with E-state index < -0.39 is 18.1 Å². The zero-order valence-corrected chi connectivity index (χ0v) is 17.3. The molecule has 0 aromatic heterocycles. The Morgan fingerprint density at radius 2 is 1.69 bits per heavy atom. The van der Waals surface area contributed by atoms with Crippen molar-refractivity contribution in [2.75, 3.05) is 0 Å². The number of halogens is 1. The lowest BCUT2D eigenvalue weighted by atomic mass is 9.55. The first kappa shape index (κ1) is 19.3. The number of rotatable bonds is 6. The fourth-order valence-corrected chi connectivity index (χ4v) is 6.69. The number of carboxylic acids is 1. The molecule has 1 aromatic carbocycles. The van der Waals surface area contributed by atoms with Gasteiger partial charge in [-0.15, -0.1) is 0 Å². The first-order chi connectivity index (χ1) is 13.9. The van der Waals surface area contributed by atoms with E-state index in [-0.39, 0.29) is 23.3 Å². The van der Waals surface area contributed by atoms with Gasteiger partial charge in [-0.2, -0.15) is 0 Å². The van der Waals surface area contributed by atoms with Crippen LogP contribution in [0.2, 0.25) is 0 Å². The van der Waals surface area contributed by atoms with E-state index in [1.165, 1.54) is 38.2 Å². The monoisotopic (exact) mass is 402 g/mol. The average Bonchev–Trinajstić information content (AvgIpc) is 3.14. The summed E-state index contributed by atoms with van der Waals surface area (Å²) in [6, 6.07) is 1.37. The molecule has 0 amide bonds. The lowest BCUT2D eigenvalue weighted by Crippen LogP contribution is -2.51. The quantitative estimate of drug-likeness (QED) is 0.663. The van der Waals surface area contributed by atoms with E-state index in [1.807, 2.05) is 13.8 Å². The number of hydrogen-bond acceptors (Lipinski definition) is 3. The minimum absolute atomic E-state index is 0.0329.